The van der Waals surface area contributed by atoms with Crippen molar-refractivity contribution in [3.8, 4) is 0 Å². The Morgan fingerprint density at radius 2 is 2.04 bits per heavy atom. The number of amides is 2. The Kier molecular flexibility index (Phi) is 5.20. The third-order valence-corrected chi connectivity index (χ3v) is 4.57. The molecule has 0 unspecified atom stereocenters. The molecule has 2 amide bonds. The number of rotatable bonds is 3. The molecule has 1 saturated heterocycles. The third kappa shape index (κ3) is 3.91. The van der Waals surface area contributed by atoms with Crippen molar-refractivity contribution in [2.75, 3.05) is 11.9 Å². The molecule has 3 rings (SSSR count). The van der Waals surface area contributed by atoms with Gasteiger partial charge in [0.25, 0.3) is 5.91 Å². The number of halogens is 2. The van der Waals surface area contributed by atoms with Crippen molar-refractivity contribution in [2.24, 2.45) is 0 Å². The minimum absolute atomic E-state index is 0.228. The molecule has 0 radical (unpaired) electrons. The van der Waals surface area contributed by atoms with Crippen LogP contribution in [0, 0.1) is 6.92 Å². The Bertz CT molecular complexity index is 811. The van der Waals surface area contributed by atoms with Gasteiger partial charge in [0.15, 0.2) is 0 Å². The molecular weight excluding hydrogens is 363 g/mol. The zero-order valence-electron chi connectivity index (χ0n) is 13.5. The molecule has 0 bridgehead atoms. The van der Waals surface area contributed by atoms with Gasteiger partial charge in [0.1, 0.15) is 11.7 Å². The van der Waals surface area contributed by atoms with Gasteiger partial charge in [-0.1, -0.05) is 23.2 Å². The van der Waals surface area contributed by atoms with Crippen molar-refractivity contribution in [2.45, 2.75) is 25.8 Å². The van der Waals surface area contributed by atoms with E-state index in [1.54, 1.807) is 25.1 Å². The molecule has 1 aliphatic rings. The average Bonchev–Trinajstić information content (AvgIpc) is 3.08. The van der Waals surface area contributed by atoms with E-state index in [9.17, 15) is 9.59 Å². The number of aromatic nitrogens is 2. The molecule has 0 aliphatic carbocycles. The summed E-state index contributed by atoms with van der Waals surface area (Å²) in [5.41, 5.74) is 1.38. The van der Waals surface area contributed by atoms with Gasteiger partial charge >= 0.3 is 0 Å². The summed E-state index contributed by atoms with van der Waals surface area (Å²) in [5, 5.41) is 3.61. The fraction of sp³-hybridized carbons (Fsp3) is 0.294. The van der Waals surface area contributed by atoms with Crippen LogP contribution >= 0.6 is 23.2 Å². The predicted octanol–water partition coefficient (Wildman–Crippen LogP) is 3.34. The van der Waals surface area contributed by atoms with Gasteiger partial charge in [-0.3, -0.25) is 14.6 Å². The molecule has 130 valence electrons. The number of carbonyl (C=O) groups is 2. The van der Waals surface area contributed by atoms with Gasteiger partial charge in [-0.2, -0.15) is 0 Å². The fourth-order valence-corrected chi connectivity index (χ4v) is 3.08. The van der Waals surface area contributed by atoms with E-state index in [0.29, 0.717) is 28.7 Å². The van der Waals surface area contributed by atoms with Crippen LogP contribution in [0.5, 0.6) is 0 Å². The number of nitrogens with one attached hydrogen (secondary N) is 1. The number of hydrogen-bond acceptors (Lipinski definition) is 4. The second-order valence-corrected chi connectivity index (χ2v) is 6.66. The van der Waals surface area contributed by atoms with Crippen LogP contribution in [0.3, 0.4) is 0 Å². The largest absolute Gasteiger partial charge is 0.325 e. The lowest BCUT2D eigenvalue weighted by atomic mass is 10.2. The highest BCUT2D eigenvalue weighted by Gasteiger charge is 2.35. The zero-order chi connectivity index (χ0) is 18.0. The maximum atomic E-state index is 12.6. The molecule has 1 aliphatic heterocycles. The fourth-order valence-electron chi connectivity index (χ4n) is 2.74. The summed E-state index contributed by atoms with van der Waals surface area (Å²) >= 11 is 12.0. The first-order valence-corrected chi connectivity index (χ1v) is 8.57. The molecule has 8 heteroatoms. The average molecular weight is 379 g/mol. The number of hydrogen-bond donors (Lipinski definition) is 1. The number of nitrogens with zero attached hydrogens (tertiary/aromatic N) is 3. The van der Waals surface area contributed by atoms with E-state index in [1.165, 1.54) is 17.3 Å². The summed E-state index contributed by atoms with van der Waals surface area (Å²) in [6.45, 7) is 2.29. The Balaban J connectivity index is 1.76. The lowest BCUT2D eigenvalue weighted by Crippen LogP contribution is -2.43. The van der Waals surface area contributed by atoms with E-state index in [2.05, 4.69) is 15.3 Å². The maximum absolute atomic E-state index is 12.6. The van der Waals surface area contributed by atoms with Crippen LogP contribution in [-0.2, 0) is 4.79 Å². The molecule has 1 aromatic carbocycles. The van der Waals surface area contributed by atoms with Gasteiger partial charge in [-0.15, -0.1) is 0 Å². The Hall–Kier alpha value is -2.18. The molecule has 2 aromatic rings. The van der Waals surface area contributed by atoms with Crippen molar-refractivity contribution < 1.29 is 9.59 Å². The third-order valence-electron chi connectivity index (χ3n) is 4.00. The van der Waals surface area contributed by atoms with Crippen molar-refractivity contribution in [3.63, 3.8) is 0 Å². The molecule has 25 heavy (non-hydrogen) atoms. The van der Waals surface area contributed by atoms with E-state index < -0.39 is 6.04 Å². The van der Waals surface area contributed by atoms with Crippen LogP contribution in [0.4, 0.5) is 5.69 Å². The highest BCUT2D eigenvalue weighted by atomic mass is 35.5. The van der Waals surface area contributed by atoms with Gasteiger partial charge in [0.2, 0.25) is 5.91 Å². The zero-order valence-corrected chi connectivity index (χ0v) is 15.0. The minimum Gasteiger partial charge on any atom is -0.325 e. The smallest absolute Gasteiger partial charge is 0.274 e. The summed E-state index contributed by atoms with van der Waals surface area (Å²) in [7, 11) is 0. The topological polar surface area (TPSA) is 75.2 Å². The van der Waals surface area contributed by atoms with E-state index in [-0.39, 0.29) is 17.5 Å². The summed E-state index contributed by atoms with van der Waals surface area (Å²) in [4.78, 5) is 35.0. The Morgan fingerprint density at radius 1 is 1.24 bits per heavy atom. The lowest BCUT2D eigenvalue weighted by molar-refractivity contribution is -0.119. The number of likely N-dealkylation sites (tertiary alicyclic amines) is 1. The van der Waals surface area contributed by atoms with Crippen molar-refractivity contribution in [1.29, 1.82) is 0 Å². The Morgan fingerprint density at radius 3 is 2.76 bits per heavy atom. The minimum atomic E-state index is -0.578. The van der Waals surface area contributed by atoms with E-state index in [1.807, 2.05) is 0 Å². The number of anilines is 1. The first kappa shape index (κ1) is 17.6. The molecule has 1 N–H and O–H groups in total. The van der Waals surface area contributed by atoms with Crippen molar-refractivity contribution in [1.82, 2.24) is 14.9 Å². The molecular formula is C17H16Cl2N4O2. The number of benzene rings is 1. The second-order valence-electron chi connectivity index (χ2n) is 5.81. The second kappa shape index (κ2) is 7.37. The van der Waals surface area contributed by atoms with Gasteiger partial charge in [-0.05, 0) is 38.0 Å². The highest BCUT2D eigenvalue weighted by Crippen LogP contribution is 2.27. The van der Waals surface area contributed by atoms with Crippen LogP contribution < -0.4 is 5.32 Å². The first-order chi connectivity index (χ1) is 12.0. The lowest BCUT2D eigenvalue weighted by Gasteiger charge is -2.23. The van der Waals surface area contributed by atoms with Crippen LogP contribution in [0.2, 0.25) is 10.0 Å². The van der Waals surface area contributed by atoms with E-state index in [0.717, 1.165) is 12.1 Å². The number of aryl methyl sites for hydroxylation is 1. The Labute approximate surface area is 155 Å². The van der Waals surface area contributed by atoms with E-state index in [4.69, 9.17) is 23.2 Å². The summed E-state index contributed by atoms with van der Waals surface area (Å²) in [6.07, 6.45) is 4.28. The van der Waals surface area contributed by atoms with Crippen LogP contribution in [-0.4, -0.2) is 39.3 Å². The van der Waals surface area contributed by atoms with Crippen LogP contribution in [0.1, 0.15) is 29.0 Å². The van der Waals surface area contributed by atoms with Crippen molar-refractivity contribution >= 4 is 40.7 Å². The normalized spacial score (nSPS) is 16.8. The predicted molar refractivity (Wildman–Crippen MR) is 95.9 cm³/mol. The molecule has 1 fully saturated rings. The van der Waals surface area contributed by atoms with Crippen molar-refractivity contribution in [3.05, 3.63) is 52.0 Å². The molecule has 6 nitrogen and oxygen atoms in total. The van der Waals surface area contributed by atoms with Gasteiger partial charge < -0.3 is 10.2 Å². The molecule has 0 spiro atoms. The summed E-state index contributed by atoms with van der Waals surface area (Å²) in [5.74, 6) is -0.600. The number of carbonyl (C=O) groups excluding carboxylic acids is 2. The van der Waals surface area contributed by atoms with Gasteiger partial charge in [0.05, 0.1) is 22.6 Å². The standard InChI is InChI=1S/C17H16Cl2N4O2/c1-10-8-21-14(9-20-10)17(25)23-6-2-3-15(23)16(24)22-13-7-11(18)4-5-12(13)19/h4-5,7-9,15H,2-3,6H2,1H3,(H,22,24)/t15-/m0/s1. The van der Waals surface area contributed by atoms with Crippen LogP contribution in [0.15, 0.2) is 30.6 Å². The quantitative estimate of drug-likeness (QED) is 0.888. The van der Waals surface area contributed by atoms with Gasteiger partial charge in [-0.25, -0.2) is 4.98 Å². The molecule has 0 saturated carbocycles. The SMILES string of the molecule is Cc1cnc(C(=O)N2CCC[C@H]2C(=O)Nc2cc(Cl)ccc2Cl)cn1. The molecule has 1 aromatic heterocycles. The highest BCUT2D eigenvalue weighted by molar-refractivity contribution is 6.35. The van der Waals surface area contributed by atoms with E-state index >= 15 is 0 Å². The monoisotopic (exact) mass is 378 g/mol. The van der Waals surface area contributed by atoms with Gasteiger partial charge in [0, 0.05) is 17.8 Å². The molecule has 2 heterocycles. The molecule has 1 atom stereocenters. The summed E-state index contributed by atoms with van der Waals surface area (Å²) in [6, 6.07) is 4.25. The first-order valence-electron chi connectivity index (χ1n) is 7.81. The summed E-state index contributed by atoms with van der Waals surface area (Å²) < 4.78 is 0. The van der Waals surface area contributed by atoms with Crippen LogP contribution in [0.25, 0.3) is 0 Å². The maximum Gasteiger partial charge on any atom is 0.274 e.